The number of carboxylic acids is 2. The van der Waals surface area contributed by atoms with E-state index in [9.17, 15) is 44.7 Å². The van der Waals surface area contributed by atoms with Crippen molar-refractivity contribution >= 4 is 47.3 Å². The van der Waals surface area contributed by atoms with Crippen molar-refractivity contribution < 1.29 is 64.4 Å². The van der Waals surface area contributed by atoms with Crippen LogP contribution in [0, 0.1) is 35.3 Å². The summed E-state index contributed by atoms with van der Waals surface area (Å²) in [5, 5.41) is 18.4. The number of hydrogen-bond donors (Lipinski definition) is 2. The van der Waals surface area contributed by atoms with Gasteiger partial charge in [0.1, 0.15) is 23.1 Å². The minimum absolute atomic E-state index is 0.0179. The van der Waals surface area contributed by atoms with Gasteiger partial charge in [0.25, 0.3) is 0 Å². The summed E-state index contributed by atoms with van der Waals surface area (Å²) < 4.78 is 117. The standard InChI is InChI=1S/2C19H9ClF4O3/c2*20-13-7-11(6-5-10-3-1-2-4-15(10)21)16-12(8-13)9-14(18(25)26)17(27-16)19(22,23)24/h2*1-4,7-9,17H,(H,25,26). The molecular formula is C38H18Cl2F8O6. The van der Waals surface area contributed by atoms with Crippen molar-refractivity contribution in [3.8, 4) is 35.2 Å². The molecule has 0 fully saturated rings. The van der Waals surface area contributed by atoms with Crippen LogP contribution in [0.4, 0.5) is 35.1 Å². The Morgan fingerprint density at radius 1 is 0.574 bits per heavy atom. The fourth-order valence-electron chi connectivity index (χ4n) is 4.97. The van der Waals surface area contributed by atoms with Crippen LogP contribution >= 0.6 is 23.2 Å². The fraction of sp³-hybridized carbons (Fsp3) is 0.105. The lowest BCUT2D eigenvalue weighted by atomic mass is 9.98. The second kappa shape index (κ2) is 15.6. The second-order valence-corrected chi connectivity index (χ2v) is 12.0. The van der Waals surface area contributed by atoms with Crippen LogP contribution in [-0.2, 0) is 9.59 Å². The number of aliphatic carboxylic acids is 2. The zero-order valence-corrected chi connectivity index (χ0v) is 28.1. The molecule has 4 aromatic carbocycles. The Kier molecular flexibility index (Phi) is 11.3. The number of hydrogen-bond acceptors (Lipinski definition) is 4. The molecule has 2 unspecified atom stereocenters. The van der Waals surface area contributed by atoms with Crippen molar-refractivity contribution in [3.63, 3.8) is 0 Å². The van der Waals surface area contributed by atoms with Crippen LogP contribution in [-0.4, -0.2) is 46.7 Å². The first-order valence-corrected chi connectivity index (χ1v) is 15.7. The van der Waals surface area contributed by atoms with E-state index in [4.69, 9.17) is 42.9 Å². The van der Waals surface area contributed by atoms with Crippen molar-refractivity contribution in [2.45, 2.75) is 24.6 Å². The Hall–Kier alpha value is -5.96. The van der Waals surface area contributed by atoms with Gasteiger partial charge in [-0.15, -0.1) is 0 Å². The highest BCUT2D eigenvalue weighted by atomic mass is 35.5. The minimum atomic E-state index is -4.95. The molecule has 0 spiro atoms. The van der Waals surface area contributed by atoms with Crippen molar-refractivity contribution in [3.05, 3.63) is 139 Å². The molecule has 276 valence electrons. The lowest BCUT2D eigenvalue weighted by molar-refractivity contribution is -0.187. The molecule has 0 aliphatic carbocycles. The Bertz CT molecular complexity index is 2200. The van der Waals surface area contributed by atoms with Crippen molar-refractivity contribution in [2.75, 3.05) is 0 Å². The Morgan fingerprint density at radius 2 is 0.907 bits per heavy atom. The third kappa shape index (κ3) is 8.97. The molecule has 0 amide bonds. The van der Waals surface area contributed by atoms with Gasteiger partial charge in [0.05, 0.1) is 33.4 Å². The van der Waals surface area contributed by atoms with E-state index in [2.05, 4.69) is 23.7 Å². The van der Waals surface area contributed by atoms with Crippen LogP contribution in [0.25, 0.3) is 12.2 Å². The third-order valence-corrected chi connectivity index (χ3v) is 7.76. The predicted molar refractivity (Wildman–Crippen MR) is 180 cm³/mol. The van der Waals surface area contributed by atoms with E-state index >= 15 is 0 Å². The van der Waals surface area contributed by atoms with Gasteiger partial charge < -0.3 is 19.7 Å². The van der Waals surface area contributed by atoms with Gasteiger partial charge in [-0.1, -0.05) is 71.1 Å². The monoisotopic (exact) mass is 792 g/mol. The van der Waals surface area contributed by atoms with Gasteiger partial charge in [-0.25, -0.2) is 18.4 Å². The average molecular weight is 793 g/mol. The van der Waals surface area contributed by atoms with E-state index < -0.39 is 59.3 Å². The smallest absolute Gasteiger partial charge is 0.430 e. The Morgan fingerprint density at radius 3 is 1.22 bits per heavy atom. The predicted octanol–water partition coefficient (Wildman–Crippen LogP) is 9.34. The molecule has 0 saturated carbocycles. The lowest BCUT2D eigenvalue weighted by Gasteiger charge is -2.27. The normalized spacial score (nSPS) is 15.7. The Labute approximate surface area is 309 Å². The van der Waals surface area contributed by atoms with Gasteiger partial charge in [0, 0.05) is 21.2 Å². The lowest BCUT2D eigenvalue weighted by Crippen LogP contribution is -2.40. The fourth-order valence-corrected chi connectivity index (χ4v) is 5.42. The molecule has 2 atom stereocenters. The van der Waals surface area contributed by atoms with E-state index in [0.717, 1.165) is 12.2 Å². The highest BCUT2D eigenvalue weighted by molar-refractivity contribution is 6.31. The summed E-state index contributed by atoms with van der Waals surface area (Å²) >= 11 is 11.9. The summed E-state index contributed by atoms with van der Waals surface area (Å²) in [6, 6.07) is 16.3. The molecule has 2 heterocycles. The van der Waals surface area contributed by atoms with Crippen molar-refractivity contribution in [1.29, 1.82) is 0 Å². The van der Waals surface area contributed by atoms with Crippen LogP contribution in [0.3, 0.4) is 0 Å². The Balaban J connectivity index is 0.000000208. The van der Waals surface area contributed by atoms with Gasteiger partial charge >= 0.3 is 24.3 Å². The van der Waals surface area contributed by atoms with Crippen LogP contribution in [0.1, 0.15) is 33.4 Å². The third-order valence-electron chi connectivity index (χ3n) is 7.32. The second-order valence-electron chi connectivity index (χ2n) is 11.1. The molecule has 0 saturated heterocycles. The zero-order chi connectivity index (χ0) is 39.5. The quantitative estimate of drug-likeness (QED) is 0.155. The number of benzene rings is 4. The van der Waals surface area contributed by atoms with Gasteiger partial charge in [-0.05, 0) is 60.7 Å². The number of fused-ring (bicyclic) bond motifs is 2. The molecule has 0 aromatic heterocycles. The molecule has 2 aliphatic heterocycles. The van der Waals surface area contributed by atoms with Crippen molar-refractivity contribution in [2.24, 2.45) is 0 Å². The maximum absolute atomic E-state index is 13.7. The topological polar surface area (TPSA) is 93.1 Å². The number of carbonyl (C=O) groups is 2. The van der Waals surface area contributed by atoms with Crippen LogP contribution < -0.4 is 9.47 Å². The van der Waals surface area contributed by atoms with Crippen LogP contribution in [0.2, 0.25) is 10.0 Å². The number of alkyl halides is 6. The molecule has 16 heteroatoms. The highest BCUT2D eigenvalue weighted by Crippen LogP contribution is 2.42. The van der Waals surface area contributed by atoms with E-state index in [1.165, 1.54) is 60.7 Å². The van der Waals surface area contributed by atoms with Crippen LogP contribution in [0.5, 0.6) is 11.5 Å². The van der Waals surface area contributed by atoms with Crippen molar-refractivity contribution in [1.82, 2.24) is 0 Å². The van der Waals surface area contributed by atoms with Gasteiger partial charge in [-0.2, -0.15) is 26.3 Å². The molecule has 2 aliphatic rings. The SMILES string of the molecule is O=C(O)C1=Cc2cc(Cl)cc(C#Cc3ccccc3F)c2OC1C(F)(F)F.O=C(O)C1=Cc2cc(Cl)cc(C#Cc3ccccc3F)c2OC1C(F)(F)F. The largest absolute Gasteiger partial charge is 0.478 e. The first kappa shape index (κ1) is 39.3. The molecule has 54 heavy (non-hydrogen) atoms. The maximum atomic E-state index is 13.7. The number of rotatable bonds is 2. The summed E-state index contributed by atoms with van der Waals surface area (Å²) in [6.45, 7) is 0. The summed E-state index contributed by atoms with van der Waals surface area (Å²) in [7, 11) is 0. The summed E-state index contributed by atoms with van der Waals surface area (Å²) in [5.74, 6) is 4.86. The molecule has 0 bridgehead atoms. The summed E-state index contributed by atoms with van der Waals surface area (Å²) in [4.78, 5) is 22.4. The minimum Gasteiger partial charge on any atom is -0.478 e. The number of carboxylic acid groups (broad SMARTS) is 2. The molecule has 2 N–H and O–H groups in total. The number of ether oxygens (including phenoxy) is 2. The van der Waals surface area contributed by atoms with Crippen LogP contribution in [0.15, 0.2) is 83.9 Å². The first-order valence-electron chi connectivity index (χ1n) is 14.9. The van der Waals surface area contributed by atoms with E-state index in [1.54, 1.807) is 12.1 Å². The number of halogens is 10. The maximum Gasteiger partial charge on any atom is 0.430 e. The highest BCUT2D eigenvalue weighted by Gasteiger charge is 2.50. The first-order chi connectivity index (χ1) is 25.3. The molecule has 6 rings (SSSR count). The van der Waals surface area contributed by atoms with Gasteiger partial charge in [-0.3, -0.25) is 0 Å². The van der Waals surface area contributed by atoms with Gasteiger partial charge in [0.2, 0.25) is 12.2 Å². The molecular weight excluding hydrogens is 775 g/mol. The van der Waals surface area contributed by atoms with Gasteiger partial charge in [0.15, 0.2) is 0 Å². The zero-order valence-electron chi connectivity index (χ0n) is 26.5. The van der Waals surface area contributed by atoms with E-state index in [1.807, 2.05) is 0 Å². The molecule has 0 radical (unpaired) electrons. The summed E-state index contributed by atoms with van der Waals surface area (Å²) in [6.07, 6.45) is -13.5. The summed E-state index contributed by atoms with van der Waals surface area (Å²) in [5.41, 5.74) is -1.81. The molecule has 4 aromatic rings. The average Bonchev–Trinajstić information content (AvgIpc) is 3.09. The van der Waals surface area contributed by atoms with E-state index in [0.29, 0.717) is 0 Å². The molecule has 6 nitrogen and oxygen atoms in total. The van der Waals surface area contributed by atoms with E-state index in [-0.39, 0.29) is 54.9 Å².